The lowest BCUT2D eigenvalue weighted by atomic mass is 10.1. The van der Waals surface area contributed by atoms with Crippen LogP contribution < -0.4 is 4.72 Å². The number of hydrogen-bond donors (Lipinski definition) is 1. The fourth-order valence-electron chi connectivity index (χ4n) is 2.65. The minimum absolute atomic E-state index is 0.0271. The SMILES string of the molecule is CC(C)[C@@H](NS(=O)(=O)c1cccc(Cl)c1)C(=O)OCc1cn2cc(Cl)ccc2n1. The van der Waals surface area contributed by atoms with Crippen LogP contribution in [-0.4, -0.2) is 29.8 Å². The second kappa shape index (κ2) is 8.71. The highest BCUT2D eigenvalue weighted by Crippen LogP contribution is 2.18. The quantitative estimate of drug-likeness (QED) is 0.548. The van der Waals surface area contributed by atoms with Crippen molar-refractivity contribution in [1.29, 1.82) is 0 Å². The van der Waals surface area contributed by atoms with E-state index in [1.165, 1.54) is 18.2 Å². The summed E-state index contributed by atoms with van der Waals surface area (Å²) in [6.45, 7) is 3.35. The van der Waals surface area contributed by atoms with Gasteiger partial charge in [0.25, 0.3) is 0 Å². The van der Waals surface area contributed by atoms with Crippen LogP contribution in [0.5, 0.6) is 0 Å². The second-order valence-electron chi connectivity index (χ2n) is 6.75. The van der Waals surface area contributed by atoms with E-state index in [-0.39, 0.29) is 22.4 Å². The van der Waals surface area contributed by atoms with E-state index in [4.69, 9.17) is 27.9 Å². The lowest BCUT2D eigenvalue weighted by molar-refractivity contribution is -0.148. The summed E-state index contributed by atoms with van der Waals surface area (Å²) >= 11 is 11.8. The van der Waals surface area contributed by atoms with Crippen LogP contribution in [0.3, 0.4) is 0 Å². The van der Waals surface area contributed by atoms with Crippen LogP contribution in [0, 0.1) is 5.92 Å². The van der Waals surface area contributed by atoms with Crippen LogP contribution in [0.2, 0.25) is 10.0 Å². The number of fused-ring (bicyclic) bond motifs is 1. The molecule has 3 aromatic rings. The van der Waals surface area contributed by atoms with Gasteiger partial charge in [0, 0.05) is 17.4 Å². The fraction of sp³-hybridized carbons (Fsp3) is 0.263. The predicted molar refractivity (Wildman–Crippen MR) is 110 cm³/mol. The first kappa shape index (κ1) is 21.6. The first-order chi connectivity index (χ1) is 13.7. The van der Waals surface area contributed by atoms with E-state index in [1.54, 1.807) is 48.8 Å². The minimum atomic E-state index is -3.95. The Kier molecular flexibility index (Phi) is 6.48. The van der Waals surface area contributed by atoms with Crippen molar-refractivity contribution in [2.75, 3.05) is 0 Å². The largest absolute Gasteiger partial charge is 0.458 e. The highest BCUT2D eigenvalue weighted by molar-refractivity contribution is 7.89. The number of carbonyl (C=O) groups excluding carboxylic acids is 1. The van der Waals surface area contributed by atoms with Crippen molar-refractivity contribution >= 4 is 44.8 Å². The monoisotopic (exact) mass is 455 g/mol. The number of carbonyl (C=O) groups is 1. The van der Waals surface area contributed by atoms with Gasteiger partial charge in [-0.15, -0.1) is 0 Å². The molecule has 0 saturated heterocycles. The Hall–Kier alpha value is -2.13. The Morgan fingerprint density at radius 3 is 2.62 bits per heavy atom. The Morgan fingerprint density at radius 2 is 1.93 bits per heavy atom. The van der Waals surface area contributed by atoms with Gasteiger partial charge in [0.1, 0.15) is 18.3 Å². The number of pyridine rings is 1. The van der Waals surface area contributed by atoms with Crippen LogP contribution in [0.25, 0.3) is 5.65 Å². The van der Waals surface area contributed by atoms with Gasteiger partial charge >= 0.3 is 5.97 Å². The van der Waals surface area contributed by atoms with E-state index < -0.39 is 22.0 Å². The number of ether oxygens (including phenoxy) is 1. The number of nitrogens with zero attached hydrogens (tertiary/aromatic N) is 2. The van der Waals surface area contributed by atoms with Gasteiger partial charge in [-0.05, 0) is 36.2 Å². The number of esters is 1. The molecule has 10 heteroatoms. The molecular formula is C19H19Cl2N3O4S. The highest BCUT2D eigenvalue weighted by Gasteiger charge is 2.30. The molecule has 0 bridgehead atoms. The maximum absolute atomic E-state index is 12.6. The summed E-state index contributed by atoms with van der Waals surface area (Å²) in [6.07, 6.45) is 3.38. The number of benzene rings is 1. The summed E-state index contributed by atoms with van der Waals surface area (Å²) < 4.78 is 34.7. The van der Waals surface area contributed by atoms with E-state index in [0.29, 0.717) is 16.4 Å². The molecule has 1 aromatic carbocycles. The predicted octanol–water partition coefficient (Wildman–Crippen LogP) is 3.69. The maximum Gasteiger partial charge on any atom is 0.324 e. The lowest BCUT2D eigenvalue weighted by Crippen LogP contribution is -2.45. The van der Waals surface area contributed by atoms with Gasteiger partial charge in [0.05, 0.1) is 15.6 Å². The molecule has 2 heterocycles. The number of nitrogens with one attached hydrogen (secondary N) is 1. The first-order valence-corrected chi connectivity index (χ1v) is 11.0. The van der Waals surface area contributed by atoms with Crippen molar-refractivity contribution in [3.8, 4) is 0 Å². The molecule has 2 aromatic heterocycles. The van der Waals surface area contributed by atoms with Gasteiger partial charge in [-0.25, -0.2) is 13.4 Å². The molecule has 3 rings (SSSR count). The normalized spacial score (nSPS) is 13.0. The smallest absolute Gasteiger partial charge is 0.324 e. The lowest BCUT2D eigenvalue weighted by Gasteiger charge is -2.20. The molecule has 0 aliphatic heterocycles. The van der Waals surface area contributed by atoms with Gasteiger partial charge in [-0.2, -0.15) is 4.72 Å². The molecular weight excluding hydrogens is 437 g/mol. The number of imidazole rings is 1. The Labute approximate surface area is 178 Å². The van der Waals surface area contributed by atoms with E-state index in [1.807, 2.05) is 0 Å². The number of rotatable bonds is 7. The molecule has 1 N–H and O–H groups in total. The zero-order valence-electron chi connectivity index (χ0n) is 15.7. The fourth-order valence-corrected chi connectivity index (χ4v) is 4.45. The zero-order valence-corrected chi connectivity index (χ0v) is 18.0. The molecule has 0 aliphatic rings. The van der Waals surface area contributed by atoms with Gasteiger partial charge in [0.15, 0.2) is 0 Å². The molecule has 0 amide bonds. The third-order valence-corrected chi connectivity index (χ3v) is 6.03. The Balaban J connectivity index is 1.72. The van der Waals surface area contributed by atoms with Crippen LogP contribution >= 0.6 is 23.2 Å². The van der Waals surface area contributed by atoms with Gasteiger partial charge in [-0.3, -0.25) is 4.79 Å². The molecule has 0 saturated carbocycles. The zero-order chi connectivity index (χ0) is 21.2. The molecule has 29 heavy (non-hydrogen) atoms. The minimum Gasteiger partial charge on any atom is -0.458 e. The van der Waals surface area contributed by atoms with Crippen molar-refractivity contribution in [2.24, 2.45) is 5.92 Å². The van der Waals surface area contributed by atoms with Crippen molar-refractivity contribution in [3.05, 3.63) is 64.5 Å². The summed E-state index contributed by atoms with van der Waals surface area (Å²) in [5.74, 6) is -1.03. The molecule has 0 fully saturated rings. The van der Waals surface area contributed by atoms with Crippen molar-refractivity contribution in [1.82, 2.24) is 14.1 Å². The molecule has 7 nitrogen and oxygen atoms in total. The average molecular weight is 456 g/mol. The topological polar surface area (TPSA) is 89.8 Å². The first-order valence-electron chi connectivity index (χ1n) is 8.73. The Bertz CT molecular complexity index is 1150. The maximum atomic E-state index is 12.6. The van der Waals surface area contributed by atoms with Crippen LogP contribution in [0.1, 0.15) is 19.5 Å². The molecule has 0 spiro atoms. The van der Waals surface area contributed by atoms with E-state index in [2.05, 4.69) is 9.71 Å². The van der Waals surface area contributed by atoms with Gasteiger partial charge in [0.2, 0.25) is 10.0 Å². The van der Waals surface area contributed by atoms with Gasteiger partial charge < -0.3 is 9.14 Å². The average Bonchev–Trinajstić information content (AvgIpc) is 3.06. The summed E-state index contributed by atoms with van der Waals surface area (Å²) in [5.41, 5.74) is 1.17. The molecule has 0 unspecified atom stereocenters. The summed E-state index contributed by atoms with van der Waals surface area (Å²) in [4.78, 5) is 16.9. The standard InChI is InChI=1S/C19H19Cl2N3O4S/c1-12(2)18(23-29(26,27)16-5-3-4-13(20)8-16)19(25)28-11-15-10-24-9-14(21)6-7-17(24)22-15/h3-10,12,18,23H,11H2,1-2H3/t18-/m1/s1. The van der Waals surface area contributed by atoms with E-state index in [9.17, 15) is 13.2 Å². The van der Waals surface area contributed by atoms with Crippen molar-refractivity contribution in [2.45, 2.75) is 31.4 Å². The van der Waals surface area contributed by atoms with E-state index in [0.717, 1.165) is 0 Å². The number of hydrogen-bond acceptors (Lipinski definition) is 5. The number of halogens is 2. The Morgan fingerprint density at radius 1 is 1.17 bits per heavy atom. The molecule has 154 valence electrons. The third-order valence-electron chi connectivity index (χ3n) is 4.14. The summed E-state index contributed by atoms with van der Waals surface area (Å²) in [7, 11) is -3.95. The van der Waals surface area contributed by atoms with E-state index >= 15 is 0 Å². The summed E-state index contributed by atoms with van der Waals surface area (Å²) in [5, 5.41) is 0.831. The van der Waals surface area contributed by atoms with Crippen LogP contribution in [0.4, 0.5) is 0 Å². The van der Waals surface area contributed by atoms with Crippen LogP contribution in [0.15, 0.2) is 53.7 Å². The number of aromatic nitrogens is 2. The highest BCUT2D eigenvalue weighted by atomic mass is 35.5. The van der Waals surface area contributed by atoms with Crippen LogP contribution in [-0.2, 0) is 26.2 Å². The molecule has 0 radical (unpaired) electrons. The molecule has 1 atom stereocenters. The molecule has 0 aliphatic carbocycles. The van der Waals surface area contributed by atoms with Crippen molar-refractivity contribution in [3.63, 3.8) is 0 Å². The third kappa shape index (κ3) is 5.27. The second-order valence-corrected chi connectivity index (χ2v) is 9.34. The summed E-state index contributed by atoms with van der Waals surface area (Å²) in [6, 6.07) is 8.19. The number of sulfonamides is 1. The van der Waals surface area contributed by atoms with Crippen molar-refractivity contribution < 1.29 is 17.9 Å². The van der Waals surface area contributed by atoms with Gasteiger partial charge in [-0.1, -0.05) is 43.1 Å².